The zero-order valence-corrected chi connectivity index (χ0v) is 19.6. The van der Waals surface area contributed by atoms with E-state index in [2.05, 4.69) is 18.9 Å². The number of ether oxygens (including phenoxy) is 1. The molecule has 1 aliphatic heterocycles. The molecule has 32 heavy (non-hydrogen) atoms. The number of nitrogens with zero attached hydrogens (tertiary/aromatic N) is 5. The van der Waals surface area contributed by atoms with Gasteiger partial charge in [-0.3, -0.25) is 14.4 Å². The topological polar surface area (TPSA) is 73.1 Å². The first-order valence-corrected chi connectivity index (χ1v) is 11.9. The molecule has 1 aliphatic rings. The van der Waals surface area contributed by atoms with Crippen LogP contribution < -0.4 is 4.90 Å². The average molecular weight is 450 g/mol. The number of anilines is 1. The quantitative estimate of drug-likeness (QED) is 0.436. The molecule has 1 amide bonds. The molecule has 5 rings (SSSR count). The summed E-state index contributed by atoms with van der Waals surface area (Å²) in [5.41, 5.74) is 3.94. The number of carbonyl (C=O) groups excluding carboxylic acids is 1. The maximum atomic E-state index is 14.1. The number of rotatable bonds is 5. The predicted octanol–water partition coefficient (Wildman–Crippen LogP) is 4.84. The first-order valence-electron chi connectivity index (χ1n) is 11.1. The highest BCUT2D eigenvalue weighted by atomic mass is 32.1. The van der Waals surface area contributed by atoms with Crippen LogP contribution in [0, 0.1) is 6.92 Å². The van der Waals surface area contributed by atoms with Gasteiger partial charge in [-0.1, -0.05) is 37.3 Å². The lowest BCUT2D eigenvalue weighted by Crippen LogP contribution is -2.37. The summed E-state index contributed by atoms with van der Waals surface area (Å²) in [4.78, 5) is 25.5. The van der Waals surface area contributed by atoms with E-state index in [1.54, 1.807) is 9.58 Å². The van der Waals surface area contributed by atoms with Gasteiger partial charge in [0, 0.05) is 19.3 Å². The number of pyridine rings is 1. The minimum Gasteiger partial charge on any atom is -0.376 e. The van der Waals surface area contributed by atoms with Crippen molar-refractivity contribution < 1.29 is 9.53 Å². The zero-order chi connectivity index (χ0) is 22.4. The monoisotopic (exact) mass is 449 g/mol. The smallest absolute Gasteiger partial charge is 0.261 e. The number of aromatic nitrogens is 4. The summed E-state index contributed by atoms with van der Waals surface area (Å²) in [5, 5.41) is 6.05. The van der Waals surface area contributed by atoms with Gasteiger partial charge >= 0.3 is 0 Å². The van der Waals surface area contributed by atoms with Gasteiger partial charge in [-0.15, -0.1) is 0 Å². The number of aryl methyl sites for hydroxylation is 2. The molecule has 4 heterocycles. The molecular weight excluding hydrogens is 422 g/mol. The SMILES string of the molecule is Cc1nn(C)c2nc(C(C)C)cc(C(=O)N(C[C@H]3CCCO3)c3nc4ccccc4s3)c12. The second kappa shape index (κ2) is 8.26. The number of amides is 1. The molecule has 166 valence electrons. The van der Waals surface area contributed by atoms with E-state index in [4.69, 9.17) is 14.7 Å². The van der Waals surface area contributed by atoms with Crippen molar-refractivity contribution >= 4 is 43.6 Å². The fraction of sp³-hybridized carbons (Fsp3) is 0.417. The summed E-state index contributed by atoms with van der Waals surface area (Å²) in [6.07, 6.45) is 1.98. The van der Waals surface area contributed by atoms with Crippen LogP contribution in [0.1, 0.15) is 54.4 Å². The van der Waals surface area contributed by atoms with Crippen LogP contribution in [0.25, 0.3) is 21.3 Å². The minimum atomic E-state index is -0.0787. The van der Waals surface area contributed by atoms with Gasteiger partial charge in [0.1, 0.15) is 0 Å². The number of carbonyl (C=O) groups is 1. The van der Waals surface area contributed by atoms with Crippen molar-refractivity contribution in [2.45, 2.75) is 45.6 Å². The van der Waals surface area contributed by atoms with E-state index < -0.39 is 0 Å². The van der Waals surface area contributed by atoms with Gasteiger partial charge in [0.2, 0.25) is 0 Å². The largest absolute Gasteiger partial charge is 0.376 e. The van der Waals surface area contributed by atoms with E-state index >= 15 is 0 Å². The van der Waals surface area contributed by atoms with E-state index in [9.17, 15) is 4.79 Å². The molecule has 0 radical (unpaired) electrons. The van der Waals surface area contributed by atoms with E-state index in [-0.39, 0.29) is 17.9 Å². The Morgan fingerprint density at radius 1 is 1.31 bits per heavy atom. The van der Waals surface area contributed by atoms with Gasteiger partial charge < -0.3 is 4.74 Å². The number of hydrogen-bond donors (Lipinski definition) is 0. The Balaban J connectivity index is 1.66. The number of benzene rings is 1. The Hall–Kier alpha value is -2.84. The van der Waals surface area contributed by atoms with Gasteiger partial charge in [0.25, 0.3) is 5.91 Å². The lowest BCUT2D eigenvalue weighted by Gasteiger charge is -2.24. The van der Waals surface area contributed by atoms with E-state index in [0.717, 1.165) is 52.1 Å². The molecule has 0 spiro atoms. The van der Waals surface area contributed by atoms with Crippen molar-refractivity contribution in [1.29, 1.82) is 0 Å². The van der Waals surface area contributed by atoms with Crippen molar-refractivity contribution in [2.24, 2.45) is 7.05 Å². The number of thiazole rings is 1. The minimum absolute atomic E-state index is 0.0165. The maximum absolute atomic E-state index is 14.1. The third-order valence-electron chi connectivity index (χ3n) is 5.98. The van der Waals surface area contributed by atoms with Gasteiger partial charge in [0.15, 0.2) is 10.8 Å². The molecule has 1 saturated heterocycles. The molecule has 4 aromatic rings. The van der Waals surface area contributed by atoms with Crippen LogP contribution in [0.4, 0.5) is 5.13 Å². The number of fused-ring (bicyclic) bond motifs is 2. The van der Waals surface area contributed by atoms with Crippen molar-refractivity contribution in [1.82, 2.24) is 19.7 Å². The van der Waals surface area contributed by atoms with Gasteiger partial charge in [-0.2, -0.15) is 5.10 Å². The molecule has 3 aromatic heterocycles. The molecule has 0 N–H and O–H groups in total. The highest BCUT2D eigenvalue weighted by molar-refractivity contribution is 7.22. The maximum Gasteiger partial charge on any atom is 0.261 e. The Morgan fingerprint density at radius 2 is 2.12 bits per heavy atom. The standard InChI is InChI=1S/C24H27N5O2S/c1-14(2)19-12-17(21-15(3)27-28(4)22(21)25-19)23(30)29(13-16-8-7-11-31-16)24-26-18-9-5-6-10-20(18)32-24/h5-6,9-10,12,14,16H,7-8,11,13H2,1-4H3/t16-/m1/s1. The van der Waals surface area contributed by atoms with Gasteiger partial charge in [0.05, 0.1) is 39.5 Å². The lowest BCUT2D eigenvalue weighted by atomic mass is 10.0. The lowest BCUT2D eigenvalue weighted by molar-refractivity contribution is 0.0918. The van der Waals surface area contributed by atoms with Crippen molar-refractivity contribution in [3.05, 3.63) is 47.3 Å². The molecule has 0 aliphatic carbocycles. The second-order valence-electron chi connectivity index (χ2n) is 8.67. The summed E-state index contributed by atoms with van der Waals surface area (Å²) < 4.78 is 8.72. The molecule has 0 saturated carbocycles. The van der Waals surface area contributed by atoms with Crippen LogP contribution in [0.2, 0.25) is 0 Å². The van der Waals surface area contributed by atoms with E-state index in [1.807, 2.05) is 44.3 Å². The van der Waals surface area contributed by atoms with Crippen LogP contribution >= 0.6 is 11.3 Å². The van der Waals surface area contributed by atoms with E-state index in [1.165, 1.54) is 11.3 Å². The molecular formula is C24H27N5O2S. The summed E-state index contributed by atoms with van der Waals surface area (Å²) in [6, 6.07) is 9.92. The summed E-state index contributed by atoms with van der Waals surface area (Å²) in [6.45, 7) is 7.33. The summed E-state index contributed by atoms with van der Waals surface area (Å²) in [5.74, 6) is 0.111. The second-order valence-corrected chi connectivity index (χ2v) is 9.68. The normalized spacial score (nSPS) is 16.5. The third kappa shape index (κ3) is 3.67. The molecule has 0 unspecified atom stereocenters. The van der Waals surface area contributed by atoms with Gasteiger partial charge in [-0.05, 0) is 43.9 Å². The highest BCUT2D eigenvalue weighted by Crippen LogP contribution is 2.33. The Bertz CT molecular complexity index is 1270. The fourth-order valence-corrected chi connectivity index (χ4v) is 5.26. The Labute approximate surface area is 191 Å². The van der Waals surface area contributed by atoms with Crippen LogP contribution in [-0.2, 0) is 11.8 Å². The zero-order valence-electron chi connectivity index (χ0n) is 18.8. The van der Waals surface area contributed by atoms with Crippen molar-refractivity contribution in [3.63, 3.8) is 0 Å². The molecule has 1 atom stereocenters. The number of para-hydroxylation sites is 1. The summed E-state index contributed by atoms with van der Waals surface area (Å²) in [7, 11) is 1.87. The van der Waals surface area contributed by atoms with Crippen LogP contribution in [0.3, 0.4) is 0 Å². The Kier molecular flexibility index (Phi) is 5.43. The molecule has 7 nitrogen and oxygen atoms in total. The van der Waals surface area contributed by atoms with Crippen LogP contribution in [-0.4, -0.2) is 44.9 Å². The molecule has 0 bridgehead atoms. The van der Waals surface area contributed by atoms with Crippen molar-refractivity contribution in [3.8, 4) is 0 Å². The number of hydrogen-bond acceptors (Lipinski definition) is 6. The van der Waals surface area contributed by atoms with Gasteiger partial charge in [-0.25, -0.2) is 9.97 Å². The van der Waals surface area contributed by atoms with Crippen molar-refractivity contribution in [2.75, 3.05) is 18.1 Å². The first kappa shape index (κ1) is 21.0. The van der Waals surface area contributed by atoms with Crippen LogP contribution in [0.5, 0.6) is 0 Å². The average Bonchev–Trinajstić information content (AvgIpc) is 3.50. The molecule has 8 heteroatoms. The Morgan fingerprint density at radius 3 is 2.84 bits per heavy atom. The first-order chi connectivity index (χ1) is 15.4. The third-order valence-corrected chi connectivity index (χ3v) is 7.04. The summed E-state index contributed by atoms with van der Waals surface area (Å²) >= 11 is 1.54. The fourth-order valence-electron chi connectivity index (χ4n) is 4.29. The van der Waals surface area contributed by atoms with E-state index in [0.29, 0.717) is 17.2 Å². The van der Waals surface area contributed by atoms with Crippen LogP contribution in [0.15, 0.2) is 30.3 Å². The predicted molar refractivity (Wildman–Crippen MR) is 128 cm³/mol. The molecule has 1 aromatic carbocycles. The highest BCUT2D eigenvalue weighted by Gasteiger charge is 2.30. The molecule has 1 fully saturated rings.